The summed E-state index contributed by atoms with van der Waals surface area (Å²) in [5, 5.41) is 3.14. The molecule has 1 atom stereocenters. The van der Waals surface area contributed by atoms with Crippen molar-refractivity contribution in [2.75, 3.05) is 7.05 Å². The molecule has 0 amide bonds. The molecule has 100 valence electrons. The van der Waals surface area contributed by atoms with Crippen molar-refractivity contribution < 1.29 is 4.74 Å². The predicted octanol–water partition coefficient (Wildman–Crippen LogP) is 1.91. The van der Waals surface area contributed by atoms with Gasteiger partial charge in [-0.2, -0.15) is 0 Å². The van der Waals surface area contributed by atoms with Gasteiger partial charge in [0.25, 0.3) is 0 Å². The number of rotatable bonds is 4. The molecule has 0 fully saturated rings. The van der Waals surface area contributed by atoms with Crippen molar-refractivity contribution in [2.24, 2.45) is 0 Å². The van der Waals surface area contributed by atoms with Crippen LogP contribution in [0, 0.1) is 6.92 Å². The SMILES string of the molecule is CNCc1nccn1CC1Cc2cc(C)ccc2O1. The zero-order valence-corrected chi connectivity index (χ0v) is 11.4. The summed E-state index contributed by atoms with van der Waals surface area (Å²) in [6.45, 7) is 3.75. The molecule has 0 radical (unpaired) electrons. The molecule has 4 heteroatoms. The lowest BCUT2D eigenvalue weighted by atomic mass is 10.1. The van der Waals surface area contributed by atoms with Gasteiger partial charge in [0, 0.05) is 18.8 Å². The molecule has 0 bridgehead atoms. The number of nitrogens with one attached hydrogen (secondary N) is 1. The second kappa shape index (κ2) is 5.05. The van der Waals surface area contributed by atoms with Crippen molar-refractivity contribution in [1.82, 2.24) is 14.9 Å². The van der Waals surface area contributed by atoms with Gasteiger partial charge in [0.2, 0.25) is 0 Å². The monoisotopic (exact) mass is 257 g/mol. The van der Waals surface area contributed by atoms with Crippen LogP contribution in [0.3, 0.4) is 0 Å². The lowest BCUT2D eigenvalue weighted by Crippen LogP contribution is -2.23. The molecule has 19 heavy (non-hydrogen) atoms. The van der Waals surface area contributed by atoms with Crippen molar-refractivity contribution in [3.05, 3.63) is 47.5 Å². The molecule has 1 aliphatic heterocycles. The Balaban J connectivity index is 1.71. The average Bonchev–Trinajstić information content (AvgIpc) is 2.97. The van der Waals surface area contributed by atoms with E-state index in [1.165, 1.54) is 11.1 Å². The molecule has 1 aromatic heterocycles. The van der Waals surface area contributed by atoms with Crippen molar-refractivity contribution >= 4 is 0 Å². The van der Waals surface area contributed by atoms with Crippen LogP contribution in [0.1, 0.15) is 17.0 Å². The molecule has 1 N–H and O–H groups in total. The van der Waals surface area contributed by atoms with Gasteiger partial charge in [0.05, 0.1) is 13.1 Å². The number of benzene rings is 1. The number of nitrogens with zero attached hydrogens (tertiary/aromatic N) is 2. The summed E-state index contributed by atoms with van der Waals surface area (Å²) >= 11 is 0. The summed E-state index contributed by atoms with van der Waals surface area (Å²) in [6, 6.07) is 6.40. The summed E-state index contributed by atoms with van der Waals surface area (Å²) in [6.07, 6.45) is 5.05. The third-order valence-corrected chi connectivity index (χ3v) is 3.49. The Hall–Kier alpha value is -1.81. The minimum absolute atomic E-state index is 0.210. The Morgan fingerprint density at radius 1 is 1.47 bits per heavy atom. The number of fused-ring (bicyclic) bond motifs is 1. The van der Waals surface area contributed by atoms with Crippen molar-refractivity contribution in [3.63, 3.8) is 0 Å². The van der Waals surface area contributed by atoms with Crippen molar-refractivity contribution in [2.45, 2.75) is 32.5 Å². The Morgan fingerprint density at radius 2 is 2.37 bits per heavy atom. The number of aromatic nitrogens is 2. The van der Waals surface area contributed by atoms with Gasteiger partial charge in [-0.3, -0.25) is 0 Å². The lowest BCUT2D eigenvalue weighted by molar-refractivity contribution is 0.207. The van der Waals surface area contributed by atoms with E-state index in [9.17, 15) is 0 Å². The second-order valence-electron chi connectivity index (χ2n) is 5.08. The molecule has 3 rings (SSSR count). The number of hydrogen-bond donors (Lipinski definition) is 1. The predicted molar refractivity (Wildman–Crippen MR) is 74.3 cm³/mol. The van der Waals surface area contributed by atoms with Gasteiger partial charge in [-0.15, -0.1) is 0 Å². The molecule has 0 aliphatic carbocycles. The maximum absolute atomic E-state index is 6.00. The molecule has 1 unspecified atom stereocenters. The van der Waals surface area contributed by atoms with Crippen LogP contribution in [-0.4, -0.2) is 22.7 Å². The highest BCUT2D eigenvalue weighted by Crippen LogP contribution is 2.30. The number of ether oxygens (including phenoxy) is 1. The van der Waals surface area contributed by atoms with Crippen LogP contribution in [-0.2, 0) is 19.5 Å². The van der Waals surface area contributed by atoms with Crippen molar-refractivity contribution in [1.29, 1.82) is 0 Å². The highest BCUT2D eigenvalue weighted by Gasteiger charge is 2.23. The lowest BCUT2D eigenvalue weighted by Gasteiger charge is -2.13. The second-order valence-corrected chi connectivity index (χ2v) is 5.08. The van der Waals surface area contributed by atoms with E-state index in [-0.39, 0.29) is 6.10 Å². The Labute approximate surface area is 113 Å². The molecular weight excluding hydrogens is 238 g/mol. The van der Waals surface area contributed by atoms with E-state index in [0.717, 1.165) is 31.1 Å². The van der Waals surface area contributed by atoms with E-state index >= 15 is 0 Å². The average molecular weight is 257 g/mol. The maximum atomic E-state index is 6.00. The molecule has 0 saturated heterocycles. The number of imidazole rings is 1. The van der Waals surface area contributed by atoms with Crippen LogP contribution in [0.5, 0.6) is 5.75 Å². The van der Waals surface area contributed by atoms with E-state index in [1.807, 2.05) is 19.4 Å². The van der Waals surface area contributed by atoms with Crippen molar-refractivity contribution in [3.8, 4) is 5.75 Å². The minimum atomic E-state index is 0.210. The minimum Gasteiger partial charge on any atom is -0.488 e. The molecule has 1 aromatic carbocycles. The molecule has 0 saturated carbocycles. The molecule has 0 spiro atoms. The fourth-order valence-electron chi connectivity index (χ4n) is 2.60. The Kier molecular flexibility index (Phi) is 3.25. The van der Waals surface area contributed by atoms with Crippen LogP contribution in [0.25, 0.3) is 0 Å². The first-order valence-corrected chi connectivity index (χ1v) is 6.67. The quantitative estimate of drug-likeness (QED) is 0.909. The largest absolute Gasteiger partial charge is 0.488 e. The zero-order valence-electron chi connectivity index (χ0n) is 11.4. The van der Waals surface area contributed by atoms with Gasteiger partial charge in [-0.1, -0.05) is 17.7 Å². The normalized spacial score (nSPS) is 17.3. The summed E-state index contributed by atoms with van der Waals surface area (Å²) in [5.41, 5.74) is 2.61. The smallest absolute Gasteiger partial charge is 0.123 e. The molecule has 2 aromatic rings. The van der Waals surface area contributed by atoms with Crippen LogP contribution < -0.4 is 10.1 Å². The summed E-state index contributed by atoms with van der Waals surface area (Å²) in [4.78, 5) is 4.36. The maximum Gasteiger partial charge on any atom is 0.123 e. The van der Waals surface area contributed by atoms with Gasteiger partial charge in [-0.05, 0) is 25.6 Å². The van der Waals surface area contributed by atoms with E-state index < -0.39 is 0 Å². The van der Waals surface area contributed by atoms with Gasteiger partial charge < -0.3 is 14.6 Å². The zero-order chi connectivity index (χ0) is 13.2. The highest BCUT2D eigenvalue weighted by molar-refractivity contribution is 5.40. The molecular formula is C15H19N3O. The number of hydrogen-bond acceptors (Lipinski definition) is 3. The first-order valence-electron chi connectivity index (χ1n) is 6.67. The molecule has 2 heterocycles. The summed E-state index contributed by atoms with van der Waals surface area (Å²) in [7, 11) is 1.93. The summed E-state index contributed by atoms with van der Waals surface area (Å²) in [5.74, 6) is 2.09. The summed E-state index contributed by atoms with van der Waals surface area (Å²) < 4.78 is 8.17. The van der Waals surface area contributed by atoms with E-state index in [2.05, 4.69) is 40.0 Å². The Morgan fingerprint density at radius 3 is 3.21 bits per heavy atom. The first kappa shape index (κ1) is 12.2. The van der Waals surface area contributed by atoms with Gasteiger partial charge in [0.1, 0.15) is 17.7 Å². The van der Waals surface area contributed by atoms with E-state index in [4.69, 9.17) is 4.74 Å². The topological polar surface area (TPSA) is 39.1 Å². The third kappa shape index (κ3) is 2.49. The highest BCUT2D eigenvalue weighted by atomic mass is 16.5. The standard InChI is InChI=1S/C15H19N3O/c1-11-3-4-14-12(7-11)8-13(19-14)10-18-6-5-17-15(18)9-16-2/h3-7,13,16H,8-10H2,1-2H3. The third-order valence-electron chi connectivity index (χ3n) is 3.49. The van der Waals surface area contributed by atoms with Crippen LogP contribution in [0.4, 0.5) is 0 Å². The van der Waals surface area contributed by atoms with E-state index in [0.29, 0.717) is 0 Å². The van der Waals surface area contributed by atoms with Gasteiger partial charge >= 0.3 is 0 Å². The number of aryl methyl sites for hydroxylation is 1. The van der Waals surface area contributed by atoms with E-state index in [1.54, 1.807) is 0 Å². The first-order chi connectivity index (χ1) is 9.26. The fraction of sp³-hybridized carbons (Fsp3) is 0.400. The van der Waals surface area contributed by atoms with Gasteiger partial charge in [0.15, 0.2) is 0 Å². The van der Waals surface area contributed by atoms with Crippen LogP contribution >= 0.6 is 0 Å². The molecule has 4 nitrogen and oxygen atoms in total. The van der Waals surface area contributed by atoms with Crippen LogP contribution in [0.2, 0.25) is 0 Å². The van der Waals surface area contributed by atoms with Crippen LogP contribution in [0.15, 0.2) is 30.6 Å². The van der Waals surface area contributed by atoms with Gasteiger partial charge in [-0.25, -0.2) is 4.98 Å². The Bertz CT molecular complexity index is 577. The molecule has 1 aliphatic rings. The fourth-order valence-corrected chi connectivity index (χ4v) is 2.60.